The standard InChI is InChI=1S/C9H13Br3O2/c1-9(2,3)4-5(10)6(7(11)12)8(13)14/h7H,4H2,1-3H3,(H,13,14). The number of hydrogen-bond acceptors (Lipinski definition) is 1. The Morgan fingerprint density at radius 1 is 1.36 bits per heavy atom. The third kappa shape index (κ3) is 5.51. The van der Waals surface area contributed by atoms with Crippen molar-refractivity contribution in [2.24, 2.45) is 5.41 Å². The van der Waals surface area contributed by atoms with E-state index in [1.807, 2.05) is 0 Å². The van der Waals surface area contributed by atoms with Gasteiger partial charge < -0.3 is 5.11 Å². The lowest BCUT2D eigenvalue weighted by Gasteiger charge is -2.19. The number of carboxylic acids is 1. The second-order valence-corrected chi connectivity index (χ2v) is 8.18. The first-order chi connectivity index (χ1) is 6.15. The van der Waals surface area contributed by atoms with Gasteiger partial charge in [0.05, 0.1) is 5.57 Å². The molecule has 0 saturated carbocycles. The molecule has 0 fully saturated rings. The summed E-state index contributed by atoms with van der Waals surface area (Å²) in [7, 11) is 0. The molecule has 14 heavy (non-hydrogen) atoms. The van der Waals surface area contributed by atoms with E-state index in [0.717, 1.165) is 4.48 Å². The molecule has 0 aliphatic carbocycles. The highest BCUT2D eigenvalue weighted by Gasteiger charge is 2.22. The van der Waals surface area contributed by atoms with Gasteiger partial charge in [-0.3, -0.25) is 0 Å². The summed E-state index contributed by atoms with van der Waals surface area (Å²) >= 11 is 9.72. The summed E-state index contributed by atoms with van der Waals surface area (Å²) in [5.41, 5.74) is 0.383. The number of hydrogen-bond donors (Lipinski definition) is 1. The zero-order valence-corrected chi connectivity index (χ0v) is 13.0. The van der Waals surface area contributed by atoms with Crippen molar-refractivity contribution < 1.29 is 9.90 Å². The summed E-state index contributed by atoms with van der Waals surface area (Å²) in [6.07, 6.45) is 0.697. The Bertz CT molecular complexity index is 251. The molecule has 0 amide bonds. The molecule has 0 unspecified atom stereocenters. The first kappa shape index (κ1) is 14.6. The molecular weight excluding hydrogens is 380 g/mol. The minimum Gasteiger partial charge on any atom is -0.478 e. The van der Waals surface area contributed by atoms with E-state index in [-0.39, 0.29) is 9.15 Å². The molecular formula is C9H13Br3O2. The Kier molecular flexibility index (Phi) is 5.92. The van der Waals surface area contributed by atoms with Gasteiger partial charge >= 0.3 is 5.97 Å². The van der Waals surface area contributed by atoms with E-state index in [1.165, 1.54) is 0 Å². The predicted molar refractivity (Wildman–Crippen MR) is 69.3 cm³/mol. The molecule has 5 heteroatoms. The van der Waals surface area contributed by atoms with Crippen LogP contribution in [0, 0.1) is 5.41 Å². The molecule has 0 aliphatic heterocycles. The molecule has 0 aromatic heterocycles. The number of carboxylic acid groups (broad SMARTS) is 1. The molecule has 1 N–H and O–H groups in total. The summed E-state index contributed by atoms with van der Waals surface area (Å²) in [4.78, 5) is 10.9. The number of aliphatic carboxylic acids is 1. The van der Waals surface area contributed by atoms with Crippen molar-refractivity contribution in [2.45, 2.75) is 30.9 Å². The summed E-state index contributed by atoms with van der Waals surface area (Å²) in [6.45, 7) is 6.18. The van der Waals surface area contributed by atoms with Crippen LogP contribution in [0.15, 0.2) is 10.1 Å². The highest BCUT2D eigenvalue weighted by atomic mass is 79.9. The molecule has 0 atom stereocenters. The fourth-order valence-corrected chi connectivity index (χ4v) is 3.69. The summed E-state index contributed by atoms with van der Waals surface area (Å²) in [5, 5.41) is 8.96. The molecule has 82 valence electrons. The summed E-state index contributed by atoms with van der Waals surface area (Å²) < 4.78 is 0.389. The molecule has 0 rings (SSSR count). The summed E-state index contributed by atoms with van der Waals surface area (Å²) in [5.74, 6) is -0.917. The van der Waals surface area contributed by atoms with Crippen LogP contribution in [0.5, 0.6) is 0 Å². The van der Waals surface area contributed by atoms with Crippen LogP contribution in [0.3, 0.4) is 0 Å². The van der Waals surface area contributed by atoms with Crippen LogP contribution < -0.4 is 0 Å². The van der Waals surface area contributed by atoms with E-state index in [9.17, 15) is 4.79 Å². The van der Waals surface area contributed by atoms with E-state index in [4.69, 9.17) is 5.11 Å². The predicted octanol–water partition coefficient (Wildman–Crippen LogP) is 4.27. The van der Waals surface area contributed by atoms with Gasteiger partial charge in [-0.1, -0.05) is 68.6 Å². The van der Waals surface area contributed by atoms with Crippen molar-refractivity contribution >= 4 is 53.8 Å². The molecule has 0 radical (unpaired) electrons. The number of carbonyl (C=O) groups is 1. The van der Waals surface area contributed by atoms with Crippen molar-refractivity contribution in [1.29, 1.82) is 0 Å². The number of halogens is 3. The Morgan fingerprint density at radius 3 is 2.00 bits per heavy atom. The van der Waals surface area contributed by atoms with Crippen LogP contribution in [0.25, 0.3) is 0 Å². The van der Waals surface area contributed by atoms with E-state index in [0.29, 0.717) is 12.0 Å². The second kappa shape index (κ2) is 5.66. The lowest BCUT2D eigenvalue weighted by atomic mass is 9.91. The van der Waals surface area contributed by atoms with Crippen LogP contribution in [0.1, 0.15) is 27.2 Å². The van der Waals surface area contributed by atoms with Crippen LogP contribution in [-0.4, -0.2) is 14.8 Å². The van der Waals surface area contributed by atoms with Crippen LogP contribution in [-0.2, 0) is 4.79 Å². The van der Waals surface area contributed by atoms with Gasteiger partial charge in [0, 0.05) is 4.48 Å². The normalized spacial score (nSPS) is 14.2. The van der Waals surface area contributed by atoms with Crippen LogP contribution in [0.4, 0.5) is 0 Å². The molecule has 0 saturated heterocycles. The number of alkyl halides is 2. The van der Waals surface area contributed by atoms with Gasteiger partial charge in [-0.05, 0) is 11.8 Å². The minimum absolute atomic E-state index is 0.0639. The van der Waals surface area contributed by atoms with E-state index in [2.05, 4.69) is 68.6 Å². The van der Waals surface area contributed by atoms with Crippen molar-refractivity contribution in [3.05, 3.63) is 10.1 Å². The fraction of sp³-hybridized carbons (Fsp3) is 0.667. The van der Waals surface area contributed by atoms with Crippen molar-refractivity contribution in [3.63, 3.8) is 0 Å². The topological polar surface area (TPSA) is 37.3 Å². The maximum Gasteiger partial charge on any atom is 0.334 e. The molecule has 0 heterocycles. The molecule has 2 nitrogen and oxygen atoms in total. The zero-order valence-electron chi connectivity index (χ0n) is 8.27. The van der Waals surface area contributed by atoms with E-state index >= 15 is 0 Å². The Balaban J connectivity index is 4.93. The van der Waals surface area contributed by atoms with Crippen LogP contribution >= 0.6 is 47.8 Å². The Morgan fingerprint density at radius 2 is 1.79 bits per heavy atom. The van der Waals surface area contributed by atoms with Gasteiger partial charge in [0.25, 0.3) is 0 Å². The third-order valence-electron chi connectivity index (χ3n) is 1.43. The average molecular weight is 393 g/mol. The van der Waals surface area contributed by atoms with E-state index < -0.39 is 5.97 Å². The number of allylic oxidation sites excluding steroid dienone is 1. The molecule has 0 spiro atoms. The zero-order chi connectivity index (χ0) is 11.5. The first-order valence-electron chi connectivity index (χ1n) is 4.05. The third-order valence-corrected chi connectivity index (χ3v) is 3.05. The maximum atomic E-state index is 10.9. The van der Waals surface area contributed by atoms with Gasteiger partial charge in [0.15, 0.2) is 0 Å². The molecule has 0 aromatic rings. The largest absolute Gasteiger partial charge is 0.478 e. The minimum atomic E-state index is -0.917. The number of rotatable bonds is 3. The Hall–Kier alpha value is 0.650. The highest BCUT2D eigenvalue weighted by Crippen LogP contribution is 2.33. The SMILES string of the molecule is CC(C)(C)CC(Br)=C(C(=O)O)C(Br)Br. The lowest BCUT2D eigenvalue weighted by molar-refractivity contribution is -0.132. The summed E-state index contributed by atoms with van der Waals surface area (Å²) in [6, 6.07) is 0. The van der Waals surface area contributed by atoms with Gasteiger partial charge in [-0.25, -0.2) is 4.79 Å². The average Bonchev–Trinajstić information content (AvgIpc) is 1.78. The van der Waals surface area contributed by atoms with Crippen molar-refractivity contribution in [1.82, 2.24) is 0 Å². The smallest absolute Gasteiger partial charge is 0.334 e. The van der Waals surface area contributed by atoms with Gasteiger partial charge in [-0.2, -0.15) is 0 Å². The van der Waals surface area contributed by atoms with Gasteiger partial charge in [0.1, 0.15) is 3.74 Å². The van der Waals surface area contributed by atoms with Crippen molar-refractivity contribution in [2.75, 3.05) is 0 Å². The molecule has 0 aromatic carbocycles. The lowest BCUT2D eigenvalue weighted by Crippen LogP contribution is -2.12. The van der Waals surface area contributed by atoms with Gasteiger partial charge in [-0.15, -0.1) is 0 Å². The molecule has 0 aliphatic rings. The van der Waals surface area contributed by atoms with E-state index in [1.54, 1.807) is 0 Å². The van der Waals surface area contributed by atoms with Gasteiger partial charge in [0.2, 0.25) is 0 Å². The first-order valence-corrected chi connectivity index (χ1v) is 6.67. The maximum absolute atomic E-state index is 10.9. The quantitative estimate of drug-likeness (QED) is 0.575. The highest BCUT2D eigenvalue weighted by molar-refractivity contribution is 9.24. The molecule has 0 bridgehead atoms. The van der Waals surface area contributed by atoms with Crippen LogP contribution in [0.2, 0.25) is 0 Å². The second-order valence-electron chi connectivity index (χ2n) is 4.16. The van der Waals surface area contributed by atoms with Crippen molar-refractivity contribution in [3.8, 4) is 0 Å². The fourth-order valence-electron chi connectivity index (χ4n) is 0.889. The Labute approximate surface area is 110 Å². The monoisotopic (exact) mass is 390 g/mol.